The van der Waals surface area contributed by atoms with Crippen LogP contribution in [0.15, 0.2) is 18.3 Å². The molecule has 0 aromatic carbocycles. The number of nitrogens with zero attached hydrogens (tertiary/aromatic N) is 2. The number of hydrogen-bond acceptors (Lipinski definition) is 4. The van der Waals surface area contributed by atoms with Crippen molar-refractivity contribution in [3.63, 3.8) is 0 Å². The summed E-state index contributed by atoms with van der Waals surface area (Å²) in [6.45, 7) is 1.31. The zero-order chi connectivity index (χ0) is 15.7. The van der Waals surface area contributed by atoms with E-state index in [0.717, 1.165) is 12.1 Å². The maximum atomic E-state index is 12.5. The van der Waals surface area contributed by atoms with Crippen LogP contribution in [0.25, 0.3) is 0 Å². The van der Waals surface area contributed by atoms with Crippen molar-refractivity contribution in [2.45, 2.75) is 37.2 Å². The molecule has 1 atom stereocenters. The Bertz CT molecular complexity index is 542. The molecule has 0 bridgehead atoms. The molecule has 1 spiro atoms. The lowest BCUT2D eigenvalue weighted by molar-refractivity contribution is -0.268. The highest BCUT2D eigenvalue weighted by Crippen LogP contribution is 2.42. The Hall–Kier alpha value is -1.76. The quantitative estimate of drug-likeness (QED) is 0.834. The van der Waals surface area contributed by atoms with Crippen molar-refractivity contribution in [1.29, 1.82) is 0 Å². The Morgan fingerprint density at radius 2 is 2.14 bits per heavy atom. The van der Waals surface area contributed by atoms with Gasteiger partial charge in [-0.1, -0.05) is 0 Å². The molecule has 2 fully saturated rings. The number of aromatic nitrogens is 1. The van der Waals surface area contributed by atoms with E-state index in [1.165, 1.54) is 17.2 Å². The second kappa shape index (κ2) is 5.79. The van der Waals surface area contributed by atoms with Crippen LogP contribution >= 0.6 is 0 Å². The van der Waals surface area contributed by atoms with Gasteiger partial charge in [-0.2, -0.15) is 0 Å². The molecule has 22 heavy (non-hydrogen) atoms. The molecule has 0 N–H and O–H groups in total. The van der Waals surface area contributed by atoms with E-state index in [1.54, 1.807) is 6.07 Å². The average molecular weight is 311 g/mol. The smallest absolute Gasteiger partial charge is 0.265 e. The molecular weight excluding hydrogens is 294 g/mol. The normalized spacial score (nSPS) is 24.1. The first-order chi connectivity index (χ1) is 10.5. The number of hydrogen-bond donors (Lipinski definition) is 0. The highest BCUT2D eigenvalue weighted by Gasteiger charge is 2.43. The monoisotopic (exact) mass is 311 g/mol. The summed E-state index contributed by atoms with van der Waals surface area (Å²) >= 11 is 0. The number of alkyl halides is 2. The summed E-state index contributed by atoms with van der Waals surface area (Å²) in [4.78, 5) is 16.3. The van der Waals surface area contributed by atoms with Gasteiger partial charge < -0.3 is 19.5 Å². The van der Waals surface area contributed by atoms with Crippen molar-refractivity contribution in [3.05, 3.63) is 29.6 Å². The van der Waals surface area contributed by atoms with E-state index in [1.807, 2.05) is 0 Å². The SMILES string of the molecule is O=C([O-])N1CCC2(CC1)CC(c1ccc(C(F)F)cn1)CO2. The number of carbonyl (C=O) groups excluding carboxylic acids is 1. The lowest BCUT2D eigenvalue weighted by Gasteiger charge is -2.39. The van der Waals surface area contributed by atoms with E-state index in [0.29, 0.717) is 32.5 Å². The molecule has 3 rings (SSSR count). The van der Waals surface area contributed by atoms with Crippen LogP contribution in [-0.2, 0) is 4.74 Å². The fourth-order valence-electron chi connectivity index (χ4n) is 3.27. The van der Waals surface area contributed by atoms with Crippen molar-refractivity contribution < 1.29 is 23.4 Å². The number of likely N-dealkylation sites (tertiary alicyclic amines) is 1. The molecule has 2 aliphatic heterocycles. The Kier molecular flexibility index (Phi) is 3.99. The topological polar surface area (TPSA) is 65.5 Å². The third-order valence-electron chi connectivity index (χ3n) is 4.62. The Morgan fingerprint density at radius 1 is 1.41 bits per heavy atom. The molecule has 2 aliphatic rings. The molecule has 5 nitrogen and oxygen atoms in total. The number of pyridine rings is 1. The number of amides is 1. The molecule has 0 saturated carbocycles. The fraction of sp³-hybridized carbons (Fsp3) is 0.600. The van der Waals surface area contributed by atoms with Gasteiger partial charge in [-0.15, -0.1) is 0 Å². The van der Waals surface area contributed by atoms with Crippen LogP contribution in [0.5, 0.6) is 0 Å². The molecule has 0 radical (unpaired) electrons. The van der Waals surface area contributed by atoms with E-state index in [4.69, 9.17) is 4.74 Å². The number of carbonyl (C=O) groups is 1. The molecule has 1 aromatic heterocycles. The molecule has 1 aromatic rings. The third kappa shape index (κ3) is 2.90. The fourth-order valence-corrected chi connectivity index (χ4v) is 3.27. The van der Waals surface area contributed by atoms with Crippen LogP contribution in [0.4, 0.5) is 13.6 Å². The van der Waals surface area contributed by atoms with Crippen LogP contribution in [0.3, 0.4) is 0 Å². The summed E-state index contributed by atoms with van der Waals surface area (Å²) in [5.74, 6) is 0.0706. The predicted molar refractivity (Wildman–Crippen MR) is 71.4 cm³/mol. The minimum absolute atomic E-state index is 0.0706. The van der Waals surface area contributed by atoms with E-state index in [2.05, 4.69) is 4.98 Å². The third-order valence-corrected chi connectivity index (χ3v) is 4.62. The van der Waals surface area contributed by atoms with Crippen LogP contribution in [0.2, 0.25) is 0 Å². The number of ether oxygens (including phenoxy) is 1. The summed E-state index contributed by atoms with van der Waals surface area (Å²) in [5, 5.41) is 10.8. The standard InChI is InChI=1S/C15H18F2N2O3/c16-13(17)10-1-2-12(18-8-10)11-7-15(22-9-11)3-5-19(6-4-15)14(20)21/h1-2,8,11,13H,3-7,9H2,(H,20,21)/p-1. The van der Waals surface area contributed by atoms with Gasteiger partial charge >= 0.3 is 0 Å². The van der Waals surface area contributed by atoms with E-state index in [9.17, 15) is 18.7 Å². The van der Waals surface area contributed by atoms with Gasteiger partial charge in [0.2, 0.25) is 0 Å². The maximum absolute atomic E-state index is 12.5. The molecule has 7 heteroatoms. The van der Waals surface area contributed by atoms with Crippen LogP contribution in [0.1, 0.15) is 42.9 Å². The van der Waals surface area contributed by atoms with Gasteiger partial charge in [-0.25, -0.2) is 8.78 Å². The second-order valence-electron chi connectivity index (χ2n) is 5.97. The maximum Gasteiger partial charge on any atom is 0.265 e. The van der Waals surface area contributed by atoms with E-state index >= 15 is 0 Å². The zero-order valence-corrected chi connectivity index (χ0v) is 12.0. The summed E-state index contributed by atoms with van der Waals surface area (Å²) in [6.07, 6.45) is -0.437. The summed E-state index contributed by atoms with van der Waals surface area (Å²) < 4.78 is 31.0. The highest BCUT2D eigenvalue weighted by molar-refractivity contribution is 5.62. The number of halogens is 2. The average Bonchev–Trinajstić information content (AvgIpc) is 2.91. The number of piperidine rings is 1. The second-order valence-corrected chi connectivity index (χ2v) is 5.97. The Morgan fingerprint density at radius 3 is 2.68 bits per heavy atom. The highest BCUT2D eigenvalue weighted by atomic mass is 19.3. The molecule has 120 valence electrons. The van der Waals surface area contributed by atoms with Gasteiger partial charge in [-0.3, -0.25) is 4.98 Å². The van der Waals surface area contributed by atoms with Crippen LogP contribution in [0, 0.1) is 0 Å². The van der Waals surface area contributed by atoms with Crippen molar-refractivity contribution in [3.8, 4) is 0 Å². The summed E-state index contributed by atoms with van der Waals surface area (Å²) in [7, 11) is 0. The largest absolute Gasteiger partial charge is 0.530 e. The molecular formula is C15H17F2N2O3-. The van der Waals surface area contributed by atoms with E-state index in [-0.39, 0.29) is 17.1 Å². The first-order valence-corrected chi connectivity index (χ1v) is 7.33. The number of carboxylic acid groups (broad SMARTS) is 1. The molecule has 0 aliphatic carbocycles. The summed E-state index contributed by atoms with van der Waals surface area (Å²) in [6, 6.07) is 3.03. The Balaban J connectivity index is 1.64. The van der Waals surface area contributed by atoms with Gasteiger partial charge in [0.25, 0.3) is 6.43 Å². The van der Waals surface area contributed by atoms with Gasteiger partial charge in [0, 0.05) is 36.5 Å². The predicted octanol–water partition coefficient (Wildman–Crippen LogP) is 1.70. The van der Waals surface area contributed by atoms with Crippen molar-refractivity contribution >= 4 is 6.09 Å². The summed E-state index contributed by atoms with van der Waals surface area (Å²) in [5.41, 5.74) is 0.350. The molecule has 1 amide bonds. The van der Waals surface area contributed by atoms with Gasteiger partial charge in [-0.05, 0) is 31.4 Å². The molecule has 1 unspecified atom stereocenters. The molecule has 2 saturated heterocycles. The van der Waals surface area contributed by atoms with Gasteiger partial charge in [0.05, 0.1) is 12.2 Å². The zero-order valence-electron chi connectivity index (χ0n) is 12.0. The Labute approximate surface area is 126 Å². The lowest BCUT2D eigenvalue weighted by atomic mass is 9.84. The van der Waals surface area contributed by atoms with Crippen molar-refractivity contribution in [1.82, 2.24) is 9.88 Å². The minimum atomic E-state index is -2.51. The van der Waals surface area contributed by atoms with Crippen molar-refractivity contribution in [2.75, 3.05) is 19.7 Å². The minimum Gasteiger partial charge on any atom is -0.530 e. The first kappa shape index (κ1) is 15.1. The van der Waals surface area contributed by atoms with Crippen molar-refractivity contribution in [2.24, 2.45) is 0 Å². The first-order valence-electron chi connectivity index (χ1n) is 7.33. The molecule has 3 heterocycles. The lowest BCUT2D eigenvalue weighted by Crippen LogP contribution is -2.50. The van der Waals surface area contributed by atoms with Gasteiger partial charge in [0.1, 0.15) is 6.09 Å². The van der Waals surface area contributed by atoms with Crippen LogP contribution in [-0.4, -0.2) is 41.3 Å². The number of rotatable bonds is 2. The van der Waals surface area contributed by atoms with E-state index < -0.39 is 12.5 Å². The van der Waals surface area contributed by atoms with Crippen LogP contribution < -0.4 is 5.11 Å². The van der Waals surface area contributed by atoms with Gasteiger partial charge in [0.15, 0.2) is 0 Å².